The fourth-order valence-corrected chi connectivity index (χ4v) is 3.24. The lowest BCUT2D eigenvalue weighted by atomic mass is 10.1. The van der Waals surface area contributed by atoms with Crippen LogP contribution in [0.1, 0.15) is 44.0 Å². The van der Waals surface area contributed by atoms with Crippen molar-refractivity contribution in [1.82, 2.24) is 5.32 Å². The molecule has 120 valence electrons. The van der Waals surface area contributed by atoms with Crippen LogP contribution in [-0.4, -0.2) is 33.3 Å². The van der Waals surface area contributed by atoms with Gasteiger partial charge in [-0.15, -0.1) is 4.40 Å². The zero-order chi connectivity index (χ0) is 16.3. The number of hydrogen-bond donors (Lipinski definition) is 1. The molecule has 0 saturated heterocycles. The average molecular weight is 323 g/mol. The predicted octanol–water partition coefficient (Wildman–Crippen LogP) is 2.16. The van der Waals surface area contributed by atoms with Gasteiger partial charge in [0.2, 0.25) is 0 Å². The van der Waals surface area contributed by atoms with Crippen LogP contribution in [0.25, 0.3) is 0 Å². The first-order valence-electron chi connectivity index (χ1n) is 7.41. The van der Waals surface area contributed by atoms with Crippen LogP contribution in [0.4, 0.5) is 5.69 Å². The summed E-state index contributed by atoms with van der Waals surface area (Å²) in [5.74, 6) is -0.274. The zero-order valence-corrected chi connectivity index (χ0v) is 13.9. The van der Waals surface area contributed by atoms with Crippen LogP contribution in [0.3, 0.4) is 0 Å². The summed E-state index contributed by atoms with van der Waals surface area (Å²) in [6, 6.07) is 4.75. The summed E-state index contributed by atoms with van der Waals surface area (Å²) in [5.41, 5.74) is 0.896. The van der Waals surface area contributed by atoms with Gasteiger partial charge >= 0.3 is 0 Å². The number of sulfonamides is 1. The summed E-state index contributed by atoms with van der Waals surface area (Å²) in [6.45, 7) is 6.55. The smallest absolute Gasteiger partial charge is 0.285 e. The minimum Gasteiger partial charge on any atom is -0.350 e. The Hall–Kier alpha value is -1.89. The van der Waals surface area contributed by atoms with Crippen LogP contribution < -0.4 is 10.2 Å². The Morgan fingerprint density at radius 3 is 2.73 bits per heavy atom. The summed E-state index contributed by atoms with van der Waals surface area (Å²) >= 11 is 0. The van der Waals surface area contributed by atoms with E-state index in [9.17, 15) is 13.2 Å². The lowest BCUT2D eigenvalue weighted by Crippen LogP contribution is -2.32. The molecule has 0 spiro atoms. The van der Waals surface area contributed by atoms with Gasteiger partial charge in [0.25, 0.3) is 15.9 Å². The summed E-state index contributed by atoms with van der Waals surface area (Å²) in [5, 5.41) is 2.83. The van der Waals surface area contributed by atoms with Crippen LogP contribution in [0.2, 0.25) is 0 Å². The molecular weight excluding hydrogens is 302 g/mol. The lowest BCUT2D eigenvalue weighted by molar-refractivity contribution is 0.0939. The molecule has 1 aliphatic heterocycles. The second-order valence-corrected chi connectivity index (χ2v) is 6.96. The molecule has 0 radical (unpaired) electrons. The Morgan fingerprint density at radius 1 is 1.36 bits per heavy atom. The predicted molar refractivity (Wildman–Crippen MR) is 87.0 cm³/mol. The Balaban J connectivity index is 2.39. The van der Waals surface area contributed by atoms with E-state index in [2.05, 4.69) is 9.71 Å². The molecule has 0 aliphatic carbocycles. The highest BCUT2D eigenvalue weighted by Gasteiger charge is 2.26. The van der Waals surface area contributed by atoms with Crippen molar-refractivity contribution in [3.63, 3.8) is 0 Å². The topological polar surface area (TPSA) is 78.8 Å². The second kappa shape index (κ2) is 6.48. The van der Waals surface area contributed by atoms with E-state index in [-0.39, 0.29) is 16.8 Å². The molecule has 22 heavy (non-hydrogen) atoms. The molecule has 2 rings (SSSR count). The maximum absolute atomic E-state index is 12.2. The Labute approximate surface area is 131 Å². The van der Waals surface area contributed by atoms with Crippen LogP contribution in [0.5, 0.6) is 0 Å². The van der Waals surface area contributed by atoms with Gasteiger partial charge in [-0.1, -0.05) is 13.8 Å². The SMILES string of the molecule is CCCN1C=NS(=O)(=O)c2cc(C(=O)NC(C)CC)ccc21. The highest BCUT2D eigenvalue weighted by molar-refractivity contribution is 7.90. The molecule has 1 heterocycles. The van der Waals surface area contributed by atoms with Gasteiger partial charge < -0.3 is 10.2 Å². The first kappa shape index (κ1) is 16.5. The Morgan fingerprint density at radius 2 is 2.09 bits per heavy atom. The quantitative estimate of drug-likeness (QED) is 0.900. The number of amides is 1. The number of anilines is 1. The number of nitrogens with zero attached hydrogens (tertiary/aromatic N) is 2. The molecule has 6 nitrogen and oxygen atoms in total. The number of benzene rings is 1. The number of rotatable bonds is 5. The van der Waals surface area contributed by atoms with Crippen LogP contribution in [0.15, 0.2) is 27.5 Å². The van der Waals surface area contributed by atoms with Gasteiger partial charge in [-0.2, -0.15) is 8.42 Å². The van der Waals surface area contributed by atoms with Crippen molar-refractivity contribution >= 4 is 28.0 Å². The minimum atomic E-state index is -3.74. The maximum atomic E-state index is 12.2. The summed E-state index contributed by atoms with van der Waals surface area (Å²) in [7, 11) is -3.74. The van der Waals surface area contributed by atoms with Crippen molar-refractivity contribution in [2.45, 2.75) is 44.6 Å². The molecule has 0 saturated carbocycles. The summed E-state index contributed by atoms with van der Waals surface area (Å²) in [6.07, 6.45) is 3.01. The second-order valence-electron chi connectivity index (χ2n) is 5.35. The van der Waals surface area contributed by atoms with E-state index < -0.39 is 10.0 Å². The molecule has 1 aromatic rings. The average Bonchev–Trinajstić information content (AvgIpc) is 2.50. The molecule has 1 aliphatic rings. The van der Waals surface area contributed by atoms with E-state index in [1.807, 2.05) is 20.8 Å². The van der Waals surface area contributed by atoms with E-state index >= 15 is 0 Å². The van der Waals surface area contributed by atoms with E-state index in [0.717, 1.165) is 12.8 Å². The Kier molecular flexibility index (Phi) is 4.85. The van der Waals surface area contributed by atoms with Gasteiger partial charge in [-0.25, -0.2) is 0 Å². The van der Waals surface area contributed by atoms with E-state index in [1.54, 1.807) is 17.0 Å². The molecule has 1 atom stereocenters. The van der Waals surface area contributed by atoms with Crippen LogP contribution in [-0.2, 0) is 10.0 Å². The molecule has 1 aromatic carbocycles. The number of fused-ring (bicyclic) bond motifs is 1. The molecule has 0 fully saturated rings. The number of nitrogens with one attached hydrogen (secondary N) is 1. The highest BCUT2D eigenvalue weighted by Crippen LogP contribution is 2.30. The van der Waals surface area contributed by atoms with Crippen molar-refractivity contribution in [3.05, 3.63) is 23.8 Å². The molecule has 1 N–H and O–H groups in total. The van der Waals surface area contributed by atoms with E-state index in [1.165, 1.54) is 12.4 Å². The summed E-state index contributed by atoms with van der Waals surface area (Å²) in [4.78, 5) is 14.0. The first-order chi connectivity index (χ1) is 10.4. The third-order valence-electron chi connectivity index (χ3n) is 3.59. The van der Waals surface area contributed by atoms with Crippen LogP contribution in [0, 0.1) is 0 Å². The maximum Gasteiger partial charge on any atom is 0.285 e. The number of carbonyl (C=O) groups is 1. The van der Waals surface area contributed by atoms with E-state index in [0.29, 0.717) is 17.8 Å². The standard InChI is InChI=1S/C15H21N3O3S/c1-4-8-18-10-16-22(20,21)14-9-12(6-7-13(14)18)15(19)17-11(3)5-2/h6-7,9-11H,4-5,8H2,1-3H3,(H,17,19). The van der Waals surface area contributed by atoms with Gasteiger partial charge in [0.1, 0.15) is 11.2 Å². The first-order valence-corrected chi connectivity index (χ1v) is 8.85. The zero-order valence-electron chi connectivity index (χ0n) is 13.0. The van der Waals surface area contributed by atoms with Crippen LogP contribution >= 0.6 is 0 Å². The number of hydrogen-bond acceptors (Lipinski definition) is 4. The molecule has 0 bridgehead atoms. The highest BCUT2D eigenvalue weighted by atomic mass is 32.2. The fraction of sp³-hybridized carbons (Fsp3) is 0.467. The van der Waals surface area contributed by atoms with Crippen molar-refractivity contribution in [1.29, 1.82) is 0 Å². The Bertz CT molecular complexity index is 698. The van der Waals surface area contributed by atoms with Gasteiger partial charge in [0, 0.05) is 18.2 Å². The monoisotopic (exact) mass is 323 g/mol. The fourth-order valence-electron chi connectivity index (χ4n) is 2.17. The molecule has 7 heteroatoms. The largest absolute Gasteiger partial charge is 0.350 e. The number of carbonyl (C=O) groups excluding carboxylic acids is 1. The molecular formula is C15H21N3O3S. The lowest BCUT2D eigenvalue weighted by Gasteiger charge is -2.25. The molecule has 0 aromatic heterocycles. The van der Waals surface area contributed by atoms with Crippen molar-refractivity contribution in [2.24, 2.45) is 4.40 Å². The minimum absolute atomic E-state index is 0.0368. The third kappa shape index (κ3) is 3.30. The summed E-state index contributed by atoms with van der Waals surface area (Å²) < 4.78 is 27.9. The van der Waals surface area contributed by atoms with Gasteiger partial charge in [-0.3, -0.25) is 4.79 Å². The van der Waals surface area contributed by atoms with Gasteiger partial charge in [-0.05, 0) is 38.0 Å². The normalized spacial score (nSPS) is 17.0. The van der Waals surface area contributed by atoms with Crippen molar-refractivity contribution < 1.29 is 13.2 Å². The van der Waals surface area contributed by atoms with Gasteiger partial charge in [0.15, 0.2) is 0 Å². The van der Waals surface area contributed by atoms with Gasteiger partial charge in [0.05, 0.1) is 5.69 Å². The van der Waals surface area contributed by atoms with Crippen molar-refractivity contribution in [3.8, 4) is 0 Å². The molecule has 1 amide bonds. The van der Waals surface area contributed by atoms with Crippen molar-refractivity contribution in [2.75, 3.05) is 11.4 Å². The van der Waals surface area contributed by atoms with E-state index in [4.69, 9.17) is 0 Å². The molecule has 1 unspecified atom stereocenters. The third-order valence-corrected chi connectivity index (χ3v) is 4.84.